The van der Waals surface area contributed by atoms with E-state index < -0.39 is 6.10 Å². The van der Waals surface area contributed by atoms with Gasteiger partial charge in [0.2, 0.25) is 0 Å². The third kappa shape index (κ3) is 7.30. The summed E-state index contributed by atoms with van der Waals surface area (Å²) in [5.74, 6) is 0.808. The maximum atomic E-state index is 10.5. The Kier molecular flexibility index (Phi) is 10.2. The van der Waals surface area contributed by atoms with E-state index in [9.17, 15) is 5.11 Å². The molecule has 2 atom stereocenters. The molecule has 0 radical (unpaired) electrons. The Balaban J connectivity index is 1.11. The molecular formula is C38H45N3O2. The Labute approximate surface area is 257 Å². The van der Waals surface area contributed by atoms with E-state index in [0.29, 0.717) is 6.54 Å². The van der Waals surface area contributed by atoms with Crippen LogP contribution in [-0.4, -0.2) is 61.0 Å². The molecule has 224 valence electrons. The molecule has 2 unspecified atom stereocenters. The quantitative estimate of drug-likeness (QED) is 0.200. The molecule has 0 saturated heterocycles. The summed E-state index contributed by atoms with van der Waals surface area (Å²) in [6.07, 6.45) is 18.1. The third-order valence-corrected chi connectivity index (χ3v) is 8.47. The maximum Gasteiger partial charge on any atom is 0.127 e. The molecule has 0 saturated carbocycles. The summed E-state index contributed by atoms with van der Waals surface area (Å²) in [5, 5.41) is 16.1. The zero-order valence-corrected chi connectivity index (χ0v) is 25.7. The van der Waals surface area contributed by atoms with Crippen LogP contribution in [0.25, 0.3) is 16.8 Å². The number of anilines is 1. The van der Waals surface area contributed by atoms with Crippen molar-refractivity contribution in [3.63, 3.8) is 0 Å². The van der Waals surface area contributed by atoms with Crippen LogP contribution in [0.2, 0.25) is 0 Å². The van der Waals surface area contributed by atoms with E-state index in [4.69, 9.17) is 4.74 Å². The number of nitrogens with one attached hydrogen (secondary N) is 1. The number of allylic oxidation sites excluding steroid dienone is 5. The topological polar surface area (TPSA) is 48.0 Å². The van der Waals surface area contributed by atoms with Gasteiger partial charge in [-0.05, 0) is 80.1 Å². The normalized spacial score (nSPS) is 18.5. The van der Waals surface area contributed by atoms with E-state index in [2.05, 4.69) is 121 Å². The number of benzene rings is 3. The summed E-state index contributed by atoms with van der Waals surface area (Å²) in [4.78, 5) is 4.78. The van der Waals surface area contributed by atoms with Crippen molar-refractivity contribution in [3.05, 3.63) is 126 Å². The predicted molar refractivity (Wildman–Crippen MR) is 182 cm³/mol. The van der Waals surface area contributed by atoms with Gasteiger partial charge in [-0.2, -0.15) is 0 Å². The molecule has 2 N–H and O–H groups in total. The Morgan fingerprint density at radius 3 is 2.56 bits per heavy atom. The first-order chi connectivity index (χ1) is 21.0. The number of hydrogen-bond acceptors (Lipinski definition) is 5. The highest BCUT2D eigenvalue weighted by molar-refractivity contribution is 5.88. The molecule has 43 heavy (non-hydrogen) atoms. The Bertz CT molecular complexity index is 1510. The summed E-state index contributed by atoms with van der Waals surface area (Å²) >= 11 is 0. The van der Waals surface area contributed by atoms with Crippen LogP contribution in [-0.2, 0) is 0 Å². The van der Waals surface area contributed by atoms with Crippen LogP contribution in [0, 0.1) is 0 Å². The first kappa shape index (κ1) is 30.4. The molecule has 5 heteroatoms. The summed E-state index contributed by atoms with van der Waals surface area (Å²) in [7, 11) is 0. The minimum Gasteiger partial charge on any atom is -0.490 e. The van der Waals surface area contributed by atoms with Crippen molar-refractivity contribution in [1.82, 2.24) is 10.2 Å². The molecule has 5 rings (SSSR count). The minimum absolute atomic E-state index is 0.193. The molecular weight excluding hydrogens is 530 g/mol. The lowest BCUT2D eigenvalue weighted by atomic mass is 9.80. The molecule has 3 aromatic carbocycles. The maximum absolute atomic E-state index is 10.5. The molecule has 0 spiro atoms. The molecule has 5 nitrogen and oxygen atoms in total. The van der Waals surface area contributed by atoms with Gasteiger partial charge in [-0.1, -0.05) is 85.0 Å². The Hall–Kier alpha value is -4.06. The van der Waals surface area contributed by atoms with E-state index in [1.807, 2.05) is 30.3 Å². The first-order valence-electron chi connectivity index (χ1n) is 15.6. The minimum atomic E-state index is -0.574. The second-order valence-corrected chi connectivity index (χ2v) is 11.3. The number of hydrogen-bond donors (Lipinski definition) is 2. The van der Waals surface area contributed by atoms with Crippen LogP contribution in [0.1, 0.15) is 32.8 Å². The standard InChI is InChI=1S/C38H45N3O2/c1-4-40(5-2)33-21-18-30(19-22-33)17-20-32-23-27-41(38(3)24-9-8-15-36(32)38)26-11-25-39-28-34(42)29-43-37-16-10-13-31-12-6-7-14-35(31)37/h6-10,12-24,27,34,39,42H,4-5,11,25-26,28-29H2,1-3H3. The molecule has 0 amide bonds. The van der Waals surface area contributed by atoms with Gasteiger partial charge < -0.3 is 25.0 Å². The number of fused-ring (bicyclic) bond motifs is 2. The number of rotatable bonds is 14. The molecule has 1 aliphatic heterocycles. The average molecular weight is 576 g/mol. The van der Waals surface area contributed by atoms with Crippen molar-refractivity contribution in [2.45, 2.75) is 38.8 Å². The van der Waals surface area contributed by atoms with Gasteiger partial charge >= 0.3 is 0 Å². The summed E-state index contributed by atoms with van der Waals surface area (Å²) < 4.78 is 5.95. The fraction of sp³-hybridized carbons (Fsp3) is 0.316. The molecule has 0 fully saturated rings. The van der Waals surface area contributed by atoms with Crippen LogP contribution in [0.15, 0.2) is 121 Å². The smallest absolute Gasteiger partial charge is 0.127 e. The van der Waals surface area contributed by atoms with Gasteiger partial charge in [-0.3, -0.25) is 0 Å². The van der Waals surface area contributed by atoms with Crippen molar-refractivity contribution in [3.8, 4) is 5.75 Å². The van der Waals surface area contributed by atoms with Gasteiger partial charge in [0.15, 0.2) is 0 Å². The first-order valence-corrected chi connectivity index (χ1v) is 15.6. The van der Waals surface area contributed by atoms with E-state index >= 15 is 0 Å². The highest BCUT2D eigenvalue weighted by atomic mass is 16.5. The fourth-order valence-electron chi connectivity index (χ4n) is 5.94. The van der Waals surface area contributed by atoms with Crippen molar-refractivity contribution in [1.29, 1.82) is 0 Å². The largest absolute Gasteiger partial charge is 0.490 e. The Morgan fingerprint density at radius 1 is 0.953 bits per heavy atom. The predicted octanol–water partition coefficient (Wildman–Crippen LogP) is 7.13. The van der Waals surface area contributed by atoms with Crippen molar-refractivity contribution < 1.29 is 9.84 Å². The SMILES string of the molecule is CCN(CC)c1ccc(C=CC2=C3C=CC=CC3(C)N(CCCNCC(O)COc3cccc4ccccc34)C=C2)cc1. The van der Waals surface area contributed by atoms with Crippen LogP contribution >= 0.6 is 0 Å². The zero-order valence-electron chi connectivity index (χ0n) is 25.7. The lowest BCUT2D eigenvalue weighted by Crippen LogP contribution is -2.46. The highest BCUT2D eigenvalue weighted by Gasteiger charge is 2.34. The van der Waals surface area contributed by atoms with Crippen LogP contribution in [0.5, 0.6) is 5.75 Å². The van der Waals surface area contributed by atoms with Gasteiger partial charge in [0.25, 0.3) is 0 Å². The number of nitrogens with zero attached hydrogens (tertiary/aromatic N) is 2. The highest BCUT2D eigenvalue weighted by Crippen LogP contribution is 2.37. The van der Waals surface area contributed by atoms with Gasteiger partial charge in [-0.15, -0.1) is 0 Å². The van der Waals surface area contributed by atoms with Gasteiger partial charge in [0.1, 0.15) is 18.5 Å². The van der Waals surface area contributed by atoms with Crippen molar-refractivity contribution in [2.75, 3.05) is 44.2 Å². The van der Waals surface area contributed by atoms with Crippen molar-refractivity contribution >= 4 is 22.5 Å². The average Bonchev–Trinajstić information content (AvgIpc) is 3.04. The molecule has 1 heterocycles. The summed E-state index contributed by atoms with van der Waals surface area (Å²) in [6.45, 7) is 11.2. The third-order valence-electron chi connectivity index (χ3n) is 8.47. The van der Waals surface area contributed by atoms with Crippen molar-refractivity contribution in [2.24, 2.45) is 0 Å². The second-order valence-electron chi connectivity index (χ2n) is 11.3. The second kappa shape index (κ2) is 14.4. The number of aliphatic hydroxyl groups excluding tert-OH is 1. The van der Waals surface area contributed by atoms with E-state index in [1.165, 1.54) is 22.4 Å². The Morgan fingerprint density at radius 2 is 1.74 bits per heavy atom. The lowest BCUT2D eigenvalue weighted by molar-refractivity contribution is 0.107. The monoisotopic (exact) mass is 575 g/mol. The molecule has 0 bridgehead atoms. The summed E-state index contributed by atoms with van der Waals surface area (Å²) in [5.41, 5.74) is 4.82. The van der Waals surface area contributed by atoms with Gasteiger partial charge in [-0.25, -0.2) is 0 Å². The lowest BCUT2D eigenvalue weighted by Gasteiger charge is -2.44. The fourth-order valence-corrected chi connectivity index (χ4v) is 5.94. The number of aliphatic hydroxyl groups is 1. The van der Waals surface area contributed by atoms with Crippen LogP contribution in [0.4, 0.5) is 5.69 Å². The van der Waals surface area contributed by atoms with E-state index in [0.717, 1.165) is 49.1 Å². The van der Waals surface area contributed by atoms with E-state index in [1.54, 1.807) is 0 Å². The molecule has 1 aliphatic carbocycles. The van der Waals surface area contributed by atoms with Crippen LogP contribution < -0.4 is 15.0 Å². The van der Waals surface area contributed by atoms with Crippen LogP contribution in [0.3, 0.4) is 0 Å². The molecule has 3 aromatic rings. The van der Waals surface area contributed by atoms with Gasteiger partial charge in [0.05, 0.1) is 5.54 Å². The zero-order chi connectivity index (χ0) is 30.1. The molecule has 2 aliphatic rings. The van der Waals surface area contributed by atoms with Gasteiger partial charge in [0, 0.05) is 43.5 Å². The molecule has 0 aromatic heterocycles. The van der Waals surface area contributed by atoms with E-state index in [-0.39, 0.29) is 12.1 Å². The summed E-state index contributed by atoms with van der Waals surface area (Å²) in [6, 6.07) is 23.0. The number of ether oxygens (including phenoxy) is 1.